The second-order valence-electron chi connectivity index (χ2n) is 7.43. The highest BCUT2D eigenvalue weighted by atomic mass is 32.1. The molecule has 0 atom stereocenters. The molecule has 0 radical (unpaired) electrons. The van der Waals surface area contributed by atoms with E-state index < -0.39 is 0 Å². The highest BCUT2D eigenvalue weighted by molar-refractivity contribution is 7.20. The number of fused-ring (bicyclic) bond motifs is 2. The van der Waals surface area contributed by atoms with E-state index in [9.17, 15) is 4.79 Å². The number of rotatable bonds is 5. The highest BCUT2D eigenvalue weighted by Gasteiger charge is 2.21. The number of thiazole rings is 1. The number of furan rings is 1. The second-order valence-corrected chi connectivity index (χ2v) is 8.42. The molecule has 0 aliphatic carbocycles. The van der Waals surface area contributed by atoms with Crippen LogP contribution in [0.15, 0.2) is 41.1 Å². The molecule has 1 saturated heterocycles. The van der Waals surface area contributed by atoms with E-state index in [1.807, 2.05) is 24.3 Å². The summed E-state index contributed by atoms with van der Waals surface area (Å²) < 4.78 is 12.9. The van der Waals surface area contributed by atoms with Crippen LogP contribution < -0.4 is 10.1 Å². The number of hydrogen-bond acceptors (Lipinski definition) is 8. The van der Waals surface area contributed by atoms with Crippen LogP contribution in [0.5, 0.6) is 10.9 Å². The van der Waals surface area contributed by atoms with Crippen LogP contribution >= 0.6 is 11.3 Å². The lowest BCUT2D eigenvalue weighted by Gasteiger charge is -2.31. The van der Waals surface area contributed by atoms with E-state index in [0.29, 0.717) is 22.2 Å². The van der Waals surface area contributed by atoms with Crippen LogP contribution in [0.3, 0.4) is 0 Å². The fourth-order valence-electron chi connectivity index (χ4n) is 3.72. The molecule has 1 aliphatic rings. The Hall–Kier alpha value is -3.04. The second kappa shape index (κ2) is 8.00. The Morgan fingerprint density at radius 2 is 2.20 bits per heavy atom. The van der Waals surface area contributed by atoms with Crippen molar-refractivity contribution < 1.29 is 13.9 Å². The Labute approximate surface area is 176 Å². The van der Waals surface area contributed by atoms with Gasteiger partial charge in [-0.2, -0.15) is 4.98 Å². The van der Waals surface area contributed by atoms with Crippen LogP contribution in [0.4, 0.5) is 0 Å². The number of nitrogens with zero attached hydrogens (tertiary/aromatic N) is 4. The Kier molecular flexibility index (Phi) is 5.06. The van der Waals surface area contributed by atoms with Crippen molar-refractivity contribution in [1.82, 2.24) is 25.2 Å². The van der Waals surface area contributed by atoms with Crippen molar-refractivity contribution in [1.29, 1.82) is 0 Å². The topological polar surface area (TPSA) is 93.4 Å². The number of nitrogens with one attached hydrogen (secondary N) is 1. The van der Waals surface area contributed by atoms with Gasteiger partial charge in [0.25, 0.3) is 5.19 Å². The van der Waals surface area contributed by atoms with E-state index in [4.69, 9.17) is 9.15 Å². The highest BCUT2D eigenvalue weighted by Crippen LogP contribution is 2.31. The predicted octanol–water partition coefficient (Wildman–Crippen LogP) is 3.73. The molecule has 1 amide bonds. The van der Waals surface area contributed by atoms with Gasteiger partial charge >= 0.3 is 0 Å². The van der Waals surface area contributed by atoms with Gasteiger partial charge in [-0.1, -0.05) is 11.3 Å². The van der Waals surface area contributed by atoms with Gasteiger partial charge in [-0.05, 0) is 25.0 Å². The zero-order valence-corrected chi connectivity index (χ0v) is 17.3. The first-order chi connectivity index (χ1) is 14.6. The van der Waals surface area contributed by atoms with Crippen molar-refractivity contribution in [3.63, 3.8) is 0 Å². The summed E-state index contributed by atoms with van der Waals surface area (Å²) in [6, 6.07) is 7.93. The summed E-state index contributed by atoms with van der Waals surface area (Å²) >= 11 is 1.44. The van der Waals surface area contributed by atoms with Gasteiger partial charge in [0.2, 0.25) is 5.91 Å². The molecule has 30 heavy (non-hydrogen) atoms. The number of hydrogen-bond donors (Lipinski definition) is 1. The maximum atomic E-state index is 11.2. The van der Waals surface area contributed by atoms with Crippen molar-refractivity contribution in [3.05, 3.63) is 42.4 Å². The van der Waals surface area contributed by atoms with Crippen LogP contribution in [0.1, 0.15) is 25.5 Å². The summed E-state index contributed by atoms with van der Waals surface area (Å²) in [5, 5.41) is 3.53. The molecule has 1 aliphatic heterocycles. The number of carbonyl (C=O) groups is 1. The molecule has 1 N–H and O–H groups in total. The quantitative estimate of drug-likeness (QED) is 0.523. The minimum atomic E-state index is 0.0388. The van der Waals surface area contributed by atoms with E-state index in [2.05, 4.69) is 25.2 Å². The lowest BCUT2D eigenvalue weighted by molar-refractivity contribution is -0.120. The lowest BCUT2D eigenvalue weighted by Crippen LogP contribution is -2.43. The van der Waals surface area contributed by atoms with Crippen molar-refractivity contribution in [2.24, 2.45) is 0 Å². The Morgan fingerprint density at radius 3 is 3.00 bits per heavy atom. The van der Waals surface area contributed by atoms with E-state index >= 15 is 0 Å². The number of ether oxygens (including phenoxy) is 1. The van der Waals surface area contributed by atoms with Crippen molar-refractivity contribution in [3.8, 4) is 10.9 Å². The smallest absolute Gasteiger partial charge is 0.281 e. The Morgan fingerprint density at radius 1 is 1.33 bits per heavy atom. The number of piperidine rings is 1. The summed E-state index contributed by atoms with van der Waals surface area (Å²) in [6.45, 7) is 4.15. The van der Waals surface area contributed by atoms with Gasteiger partial charge in [-0.25, -0.2) is 9.97 Å². The fraction of sp³-hybridized carbons (Fsp3) is 0.333. The third-order valence-electron chi connectivity index (χ3n) is 5.12. The summed E-state index contributed by atoms with van der Waals surface area (Å²) in [5.74, 6) is 1.49. The molecular weight excluding hydrogens is 402 g/mol. The first kappa shape index (κ1) is 19.0. The van der Waals surface area contributed by atoms with E-state index in [0.717, 1.165) is 48.5 Å². The zero-order chi connectivity index (χ0) is 20.5. The molecule has 8 nitrogen and oxygen atoms in total. The van der Waals surface area contributed by atoms with E-state index in [1.54, 1.807) is 19.3 Å². The average molecular weight is 423 g/mol. The first-order valence-electron chi connectivity index (χ1n) is 9.90. The van der Waals surface area contributed by atoms with Gasteiger partial charge < -0.3 is 14.5 Å². The third kappa shape index (κ3) is 4.12. The molecule has 5 heterocycles. The number of aromatic nitrogens is 3. The first-order valence-corrected chi connectivity index (χ1v) is 10.7. The molecule has 0 saturated carbocycles. The Balaban J connectivity index is 1.25. The largest absolute Gasteiger partial charge is 0.458 e. The van der Waals surface area contributed by atoms with Crippen molar-refractivity contribution >= 4 is 38.7 Å². The molecule has 9 heteroatoms. The van der Waals surface area contributed by atoms with Crippen molar-refractivity contribution in [2.75, 3.05) is 13.1 Å². The van der Waals surface area contributed by atoms with Gasteiger partial charge in [0.05, 0.1) is 17.4 Å². The molecule has 0 spiro atoms. The standard InChI is InChI=1S/C21H21N5O3S/c1-13(27)24-14-4-7-26(8-5-14)12-16-9-17-18(28-16)10-15(11-23-17)29-21-25-20-19(30-21)3-2-6-22-20/h2-3,6,9-11,14H,4-5,7-8,12H2,1H3,(H,24,27). The minimum Gasteiger partial charge on any atom is -0.458 e. The Bertz CT molecular complexity index is 1160. The predicted molar refractivity (Wildman–Crippen MR) is 114 cm³/mol. The SMILES string of the molecule is CC(=O)NC1CCN(Cc2cc3ncc(Oc4nc5ncccc5s4)cc3o2)CC1. The summed E-state index contributed by atoms with van der Waals surface area (Å²) in [4.78, 5) is 26.6. The van der Waals surface area contributed by atoms with Crippen LogP contribution in [0.2, 0.25) is 0 Å². The van der Waals surface area contributed by atoms with Gasteiger partial charge in [-0.15, -0.1) is 0 Å². The number of carbonyl (C=O) groups excluding carboxylic acids is 1. The van der Waals surface area contributed by atoms with Gasteiger partial charge in [-0.3, -0.25) is 9.69 Å². The van der Waals surface area contributed by atoms with Gasteiger partial charge in [0.15, 0.2) is 17.0 Å². The third-order valence-corrected chi connectivity index (χ3v) is 6.01. The van der Waals surface area contributed by atoms with Gasteiger partial charge in [0, 0.05) is 44.4 Å². The van der Waals surface area contributed by atoms with E-state index in [-0.39, 0.29) is 11.9 Å². The molecule has 5 rings (SSSR count). The molecule has 0 bridgehead atoms. The zero-order valence-electron chi connectivity index (χ0n) is 16.5. The minimum absolute atomic E-state index is 0.0388. The van der Waals surface area contributed by atoms with Crippen LogP contribution in [0.25, 0.3) is 21.4 Å². The molecule has 0 unspecified atom stereocenters. The van der Waals surface area contributed by atoms with Crippen molar-refractivity contribution in [2.45, 2.75) is 32.4 Å². The van der Waals surface area contributed by atoms with Gasteiger partial charge in [0.1, 0.15) is 11.3 Å². The molecule has 4 aromatic rings. The number of likely N-dealkylation sites (tertiary alicyclic amines) is 1. The molecule has 1 fully saturated rings. The maximum Gasteiger partial charge on any atom is 0.281 e. The molecule has 0 aromatic carbocycles. The molecule has 154 valence electrons. The normalized spacial score (nSPS) is 15.6. The fourth-order valence-corrected chi connectivity index (χ4v) is 4.52. The van der Waals surface area contributed by atoms with Crippen LogP contribution in [-0.2, 0) is 11.3 Å². The molecule has 4 aromatic heterocycles. The number of pyridine rings is 2. The summed E-state index contributed by atoms with van der Waals surface area (Å²) in [7, 11) is 0. The summed E-state index contributed by atoms with van der Waals surface area (Å²) in [5.41, 5.74) is 2.17. The van der Waals surface area contributed by atoms with E-state index in [1.165, 1.54) is 11.3 Å². The number of amides is 1. The summed E-state index contributed by atoms with van der Waals surface area (Å²) in [6.07, 6.45) is 5.30. The monoisotopic (exact) mass is 423 g/mol. The lowest BCUT2D eigenvalue weighted by atomic mass is 10.0. The van der Waals surface area contributed by atoms with Crippen LogP contribution in [-0.4, -0.2) is 44.9 Å². The average Bonchev–Trinajstić information content (AvgIpc) is 3.31. The van der Waals surface area contributed by atoms with Crippen LogP contribution in [0, 0.1) is 0 Å². The molecular formula is C21H21N5O3S. The maximum absolute atomic E-state index is 11.2.